The van der Waals surface area contributed by atoms with Crippen molar-refractivity contribution in [3.05, 3.63) is 0 Å². The monoisotopic (exact) mass is 139 g/mol. The Bertz CT molecular complexity index is 143. The van der Waals surface area contributed by atoms with E-state index in [2.05, 4.69) is 19.2 Å². The quantitative estimate of drug-likeness (QED) is 0.540. The molecule has 2 fully saturated rings. The lowest BCUT2D eigenvalue weighted by Gasteiger charge is -2.55. The molecule has 58 valence electrons. The fraction of sp³-hybridized carbons (Fsp3) is 1.00. The van der Waals surface area contributed by atoms with Gasteiger partial charge in [-0.1, -0.05) is 26.7 Å². The van der Waals surface area contributed by atoms with Crippen LogP contribution in [0.2, 0.25) is 0 Å². The first-order valence-electron chi connectivity index (χ1n) is 4.41. The van der Waals surface area contributed by atoms with Crippen molar-refractivity contribution in [2.24, 2.45) is 5.41 Å². The molecule has 0 aromatic rings. The summed E-state index contributed by atoms with van der Waals surface area (Å²) in [6.45, 7) is 6.02. The SMILES string of the molecule is CC1(C)CNC12CCCC2. The van der Waals surface area contributed by atoms with Gasteiger partial charge in [-0.05, 0) is 18.3 Å². The summed E-state index contributed by atoms with van der Waals surface area (Å²) in [5.41, 5.74) is 1.15. The highest BCUT2D eigenvalue weighted by Crippen LogP contribution is 2.48. The molecule has 0 unspecified atom stereocenters. The lowest BCUT2D eigenvalue weighted by molar-refractivity contribution is 0.0206. The van der Waals surface area contributed by atoms with Crippen molar-refractivity contribution in [1.82, 2.24) is 5.32 Å². The van der Waals surface area contributed by atoms with Crippen molar-refractivity contribution in [3.63, 3.8) is 0 Å². The normalized spacial score (nSPS) is 34.2. The standard InChI is InChI=1S/C9H17N/c1-8(2)7-10-9(8)5-3-4-6-9/h10H,3-7H2,1-2H3. The van der Waals surface area contributed by atoms with Crippen LogP contribution in [0.4, 0.5) is 0 Å². The second-order valence-corrected chi connectivity index (χ2v) is 4.53. The smallest absolute Gasteiger partial charge is 0.0244 e. The van der Waals surface area contributed by atoms with Gasteiger partial charge < -0.3 is 5.32 Å². The average Bonchev–Trinajstić information content (AvgIpc) is 2.34. The van der Waals surface area contributed by atoms with Gasteiger partial charge in [0.1, 0.15) is 0 Å². The van der Waals surface area contributed by atoms with Crippen LogP contribution < -0.4 is 5.32 Å². The molecule has 1 aliphatic carbocycles. The average molecular weight is 139 g/mol. The van der Waals surface area contributed by atoms with Crippen molar-refractivity contribution < 1.29 is 0 Å². The Hall–Kier alpha value is -0.0400. The number of hydrogen-bond donors (Lipinski definition) is 1. The van der Waals surface area contributed by atoms with Gasteiger partial charge in [-0.15, -0.1) is 0 Å². The summed E-state index contributed by atoms with van der Waals surface area (Å²) < 4.78 is 0. The van der Waals surface area contributed by atoms with Crippen LogP contribution in [0, 0.1) is 5.41 Å². The van der Waals surface area contributed by atoms with Gasteiger partial charge in [-0.25, -0.2) is 0 Å². The van der Waals surface area contributed by atoms with E-state index < -0.39 is 0 Å². The summed E-state index contributed by atoms with van der Waals surface area (Å²) in [5.74, 6) is 0. The van der Waals surface area contributed by atoms with Gasteiger partial charge in [0, 0.05) is 12.1 Å². The first-order chi connectivity index (χ1) is 4.66. The van der Waals surface area contributed by atoms with Crippen LogP contribution in [0.5, 0.6) is 0 Å². The van der Waals surface area contributed by atoms with Crippen LogP contribution in [0.25, 0.3) is 0 Å². The van der Waals surface area contributed by atoms with E-state index in [0.29, 0.717) is 11.0 Å². The van der Waals surface area contributed by atoms with Crippen molar-refractivity contribution >= 4 is 0 Å². The largest absolute Gasteiger partial charge is 0.310 e. The molecule has 1 spiro atoms. The molecule has 0 aromatic carbocycles. The van der Waals surface area contributed by atoms with E-state index >= 15 is 0 Å². The highest BCUT2D eigenvalue weighted by molar-refractivity contribution is 5.11. The number of nitrogens with one attached hydrogen (secondary N) is 1. The zero-order chi connectivity index (χ0) is 7.24. The Kier molecular flexibility index (Phi) is 1.17. The van der Waals surface area contributed by atoms with Gasteiger partial charge in [-0.3, -0.25) is 0 Å². The predicted molar refractivity (Wildman–Crippen MR) is 43.0 cm³/mol. The van der Waals surface area contributed by atoms with E-state index in [1.54, 1.807) is 0 Å². The lowest BCUT2D eigenvalue weighted by Crippen LogP contribution is -2.69. The van der Waals surface area contributed by atoms with Crippen LogP contribution in [0.1, 0.15) is 39.5 Å². The highest BCUT2D eigenvalue weighted by atomic mass is 15.1. The Morgan fingerprint density at radius 3 is 1.90 bits per heavy atom. The molecule has 1 saturated carbocycles. The van der Waals surface area contributed by atoms with Gasteiger partial charge in [-0.2, -0.15) is 0 Å². The molecular weight excluding hydrogens is 122 g/mol. The maximum atomic E-state index is 3.61. The van der Waals surface area contributed by atoms with E-state index in [9.17, 15) is 0 Å². The fourth-order valence-corrected chi connectivity index (χ4v) is 2.52. The lowest BCUT2D eigenvalue weighted by atomic mass is 9.64. The Morgan fingerprint density at radius 1 is 1.10 bits per heavy atom. The summed E-state index contributed by atoms with van der Waals surface area (Å²) >= 11 is 0. The molecular formula is C9H17N. The topological polar surface area (TPSA) is 12.0 Å². The molecule has 0 bridgehead atoms. The molecule has 0 amide bonds. The summed E-state index contributed by atoms with van der Waals surface area (Å²) in [4.78, 5) is 0. The second kappa shape index (κ2) is 1.76. The van der Waals surface area contributed by atoms with Gasteiger partial charge in [0.05, 0.1) is 0 Å². The minimum absolute atomic E-state index is 0.562. The molecule has 0 radical (unpaired) electrons. The summed E-state index contributed by atoms with van der Waals surface area (Å²) in [5, 5.41) is 3.61. The van der Waals surface area contributed by atoms with Gasteiger partial charge in [0.2, 0.25) is 0 Å². The molecule has 1 heteroatoms. The zero-order valence-corrected chi connectivity index (χ0v) is 7.04. The molecule has 2 aliphatic rings. The van der Waals surface area contributed by atoms with E-state index in [-0.39, 0.29) is 0 Å². The predicted octanol–water partition coefficient (Wildman–Crippen LogP) is 1.93. The van der Waals surface area contributed by atoms with E-state index in [4.69, 9.17) is 0 Å². The third-order valence-electron chi connectivity index (χ3n) is 3.62. The summed E-state index contributed by atoms with van der Waals surface area (Å²) in [6, 6.07) is 0. The van der Waals surface area contributed by atoms with Crippen molar-refractivity contribution in [3.8, 4) is 0 Å². The molecule has 0 atom stereocenters. The number of hydrogen-bond acceptors (Lipinski definition) is 1. The van der Waals surface area contributed by atoms with Crippen molar-refractivity contribution in [2.45, 2.75) is 45.1 Å². The molecule has 1 aliphatic heterocycles. The van der Waals surface area contributed by atoms with E-state index in [1.165, 1.54) is 32.2 Å². The summed E-state index contributed by atoms with van der Waals surface area (Å²) in [7, 11) is 0. The van der Waals surface area contributed by atoms with Gasteiger partial charge in [0.25, 0.3) is 0 Å². The molecule has 1 N–H and O–H groups in total. The van der Waals surface area contributed by atoms with Gasteiger partial charge >= 0.3 is 0 Å². The third kappa shape index (κ3) is 0.619. The molecule has 2 rings (SSSR count). The zero-order valence-electron chi connectivity index (χ0n) is 7.04. The maximum absolute atomic E-state index is 3.61. The van der Waals surface area contributed by atoms with Gasteiger partial charge in [0.15, 0.2) is 0 Å². The Balaban J connectivity index is 2.15. The van der Waals surface area contributed by atoms with E-state index in [1.807, 2.05) is 0 Å². The van der Waals surface area contributed by atoms with Crippen LogP contribution in [0.15, 0.2) is 0 Å². The fourth-order valence-electron chi connectivity index (χ4n) is 2.52. The Morgan fingerprint density at radius 2 is 1.70 bits per heavy atom. The van der Waals surface area contributed by atoms with Crippen LogP contribution in [-0.4, -0.2) is 12.1 Å². The maximum Gasteiger partial charge on any atom is 0.0244 e. The number of rotatable bonds is 0. The first kappa shape index (κ1) is 6.66. The first-order valence-corrected chi connectivity index (χ1v) is 4.41. The molecule has 0 aromatic heterocycles. The minimum Gasteiger partial charge on any atom is -0.310 e. The van der Waals surface area contributed by atoms with Crippen LogP contribution in [-0.2, 0) is 0 Å². The highest BCUT2D eigenvalue weighted by Gasteiger charge is 2.53. The third-order valence-corrected chi connectivity index (χ3v) is 3.62. The molecule has 10 heavy (non-hydrogen) atoms. The van der Waals surface area contributed by atoms with Crippen molar-refractivity contribution in [2.75, 3.05) is 6.54 Å². The minimum atomic E-state index is 0.562. The second-order valence-electron chi connectivity index (χ2n) is 4.53. The molecule has 1 saturated heterocycles. The van der Waals surface area contributed by atoms with Crippen molar-refractivity contribution in [1.29, 1.82) is 0 Å². The van der Waals surface area contributed by atoms with Crippen LogP contribution >= 0.6 is 0 Å². The molecule has 1 heterocycles. The van der Waals surface area contributed by atoms with E-state index in [0.717, 1.165) is 0 Å². The summed E-state index contributed by atoms with van der Waals surface area (Å²) in [6.07, 6.45) is 5.72. The Labute approximate surface area is 63.2 Å². The van der Waals surface area contributed by atoms with Crippen LogP contribution in [0.3, 0.4) is 0 Å². The molecule has 1 nitrogen and oxygen atoms in total.